The molecule has 4 heteroatoms. The molecule has 7 unspecified atom stereocenters. The first kappa shape index (κ1) is 14.8. The average Bonchev–Trinajstić information content (AvgIpc) is 2.46. The van der Waals surface area contributed by atoms with Crippen LogP contribution in [0.25, 0.3) is 0 Å². The topological polar surface area (TPSA) is 58.9 Å². The van der Waals surface area contributed by atoms with Crippen molar-refractivity contribution in [3.8, 4) is 0 Å². The van der Waals surface area contributed by atoms with Crippen molar-refractivity contribution in [2.75, 3.05) is 7.11 Å². The Balaban J connectivity index is 1.56. The number of hydrogen-bond donors (Lipinski definition) is 2. The van der Waals surface area contributed by atoms with Gasteiger partial charge in [-0.3, -0.25) is 0 Å². The van der Waals surface area contributed by atoms with Gasteiger partial charge in [0.2, 0.25) is 0 Å². The number of aliphatic hydroxyl groups excluding tert-OH is 2. The zero-order valence-electron chi connectivity index (χ0n) is 12.4. The minimum absolute atomic E-state index is 0.000841. The first-order valence-electron chi connectivity index (χ1n) is 8.21. The van der Waals surface area contributed by atoms with Crippen LogP contribution in [-0.2, 0) is 9.47 Å². The van der Waals surface area contributed by atoms with Crippen LogP contribution in [0, 0.1) is 11.8 Å². The van der Waals surface area contributed by atoms with E-state index in [1.54, 1.807) is 7.11 Å². The van der Waals surface area contributed by atoms with E-state index in [4.69, 9.17) is 9.47 Å². The van der Waals surface area contributed by atoms with Crippen LogP contribution in [0.3, 0.4) is 0 Å². The molecule has 1 saturated heterocycles. The highest BCUT2D eigenvalue weighted by atomic mass is 16.5. The number of methoxy groups -OCH3 is 1. The molecule has 0 spiro atoms. The van der Waals surface area contributed by atoms with Gasteiger partial charge in [0.1, 0.15) is 0 Å². The Morgan fingerprint density at radius 1 is 0.850 bits per heavy atom. The zero-order chi connectivity index (χ0) is 14.1. The third-order valence-electron chi connectivity index (χ3n) is 5.70. The average molecular weight is 284 g/mol. The van der Waals surface area contributed by atoms with E-state index in [2.05, 4.69) is 0 Å². The summed E-state index contributed by atoms with van der Waals surface area (Å²) >= 11 is 0. The van der Waals surface area contributed by atoms with Crippen molar-refractivity contribution in [2.24, 2.45) is 11.8 Å². The Labute approximate surface area is 121 Å². The standard InChI is InChI=1S/C16H28O4/c1-19-15-7-4-11(8-13(15)18)14-6-3-10-2-5-12(17)9-16(10)20-14/h10-18H,2-9H2,1H3. The molecule has 0 aromatic heterocycles. The van der Waals surface area contributed by atoms with Crippen molar-refractivity contribution in [3.05, 3.63) is 0 Å². The Morgan fingerprint density at radius 3 is 2.35 bits per heavy atom. The summed E-state index contributed by atoms with van der Waals surface area (Å²) in [7, 11) is 1.68. The lowest BCUT2D eigenvalue weighted by molar-refractivity contribution is -0.154. The number of aliphatic hydroxyl groups is 2. The van der Waals surface area contributed by atoms with E-state index in [1.807, 2.05) is 0 Å². The molecular weight excluding hydrogens is 256 g/mol. The molecule has 2 saturated carbocycles. The van der Waals surface area contributed by atoms with Crippen molar-refractivity contribution < 1.29 is 19.7 Å². The summed E-state index contributed by atoms with van der Waals surface area (Å²) in [6.45, 7) is 0. The first-order valence-corrected chi connectivity index (χ1v) is 8.21. The van der Waals surface area contributed by atoms with Crippen molar-refractivity contribution in [1.82, 2.24) is 0 Å². The first-order chi connectivity index (χ1) is 9.67. The van der Waals surface area contributed by atoms with E-state index in [-0.39, 0.29) is 30.5 Å². The van der Waals surface area contributed by atoms with Gasteiger partial charge in [-0.25, -0.2) is 0 Å². The minimum Gasteiger partial charge on any atom is -0.393 e. The van der Waals surface area contributed by atoms with Crippen LogP contribution < -0.4 is 0 Å². The zero-order valence-corrected chi connectivity index (χ0v) is 12.4. The summed E-state index contributed by atoms with van der Waals surface area (Å²) in [4.78, 5) is 0. The molecule has 20 heavy (non-hydrogen) atoms. The van der Waals surface area contributed by atoms with Gasteiger partial charge >= 0.3 is 0 Å². The van der Waals surface area contributed by atoms with E-state index < -0.39 is 0 Å². The van der Waals surface area contributed by atoms with Gasteiger partial charge in [0.05, 0.1) is 30.5 Å². The van der Waals surface area contributed by atoms with Crippen molar-refractivity contribution >= 4 is 0 Å². The van der Waals surface area contributed by atoms with E-state index in [0.29, 0.717) is 11.8 Å². The molecule has 0 aromatic carbocycles. The van der Waals surface area contributed by atoms with Crippen molar-refractivity contribution in [2.45, 2.75) is 81.9 Å². The smallest absolute Gasteiger partial charge is 0.0830 e. The summed E-state index contributed by atoms with van der Waals surface area (Å²) in [5.41, 5.74) is 0. The Hall–Kier alpha value is -0.160. The predicted octanol–water partition coefficient (Wildman–Crippen LogP) is 1.87. The molecule has 2 aliphatic carbocycles. The van der Waals surface area contributed by atoms with E-state index in [0.717, 1.165) is 44.9 Å². The second kappa shape index (κ2) is 6.30. The van der Waals surface area contributed by atoms with Gasteiger partial charge < -0.3 is 19.7 Å². The Bertz CT molecular complexity index is 322. The molecule has 4 nitrogen and oxygen atoms in total. The molecular formula is C16H28O4. The second-order valence-corrected chi connectivity index (χ2v) is 6.93. The second-order valence-electron chi connectivity index (χ2n) is 6.93. The molecule has 0 amide bonds. The highest BCUT2D eigenvalue weighted by Crippen LogP contribution is 2.41. The van der Waals surface area contributed by atoms with E-state index >= 15 is 0 Å². The van der Waals surface area contributed by atoms with Gasteiger partial charge in [-0.05, 0) is 63.2 Å². The third-order valence-corrected chi connectivity index (χ3v) is 5.70. The molecule has 1 aliphatic heterocycles. The number of rotatable bonds is 2. The summed E-state index contributed by atoms with van der Waals surface area (Å²) in [5.74, 6) is 1.10. The normalized spacial score (nSPS) is 49.6. The molecule has 7 atom stereocenters. The van der Waals surface area contributed by atoms with Crippen LogP contribution in [0.1, 0.15) is 51.4 Å². The Morgan fingerprint density at radius 2 is 1.60 bits per heavy atom. The molecule has 0 aromatic rings. The fraction of sp³-hybridized carbons (Fsp3) is 1.00. The maximum Gasteiger partial charge on any atom is 0.0830 e. The van der Waals surface area contributed by atoms with E-state index in [9.17, 15) is 10.2 Å². The summed E-state index contributed by atoms with van der Waals surface area (Å²) < 4.78 is 11.6. The van der Waals surface area contributed by atoms with Gasteiger partial charge in [0.25, 0.3) is 0 Å². The van der Waals surface area contributed by atoms with Crippen molar-refractivity contribution in [3.63, 3.8) is 0 Å². The number of hydrogen-bond acceptors (Lipinski definition) is 4. The summed E-state index contributed by atoms with van der Waals surface area (Å²) in [6.07, 6.45) is 7.99. The van der Waals surface area contributed by atoms with Gasteiger partial charge in [0, 0.05) is 7.11 Å². The lowest BCUT2D eigenvalue weighted by atomic mass is 9.75. The molecule has 3 aliphatic rings. The Kier molecular flexibility index (Phi) is 4.65. The van der Waals surface area contributed by atoms with Crippen LogP contribution >= 0.6 is 0 Å². The van der Waals surface area contributed by atoms with Crippen LogP contribution in [-0.4, -0.2) is 47.8 Å². The fourth-order valence-corrected chi connectivity index (χ4v) is 4.45. The van der Waals surface area contributed by atoms with Gasteiger partial charge in [0.15, 0.2) is 0 Å². The van der Waals surface area contributed by atoms with Crippen LogP contribution in [0.15, 0.2) is 0 Å². The monoisotopic (exact) mass is 284 g/mol. The van der Waals surface area contributed by atoms with Crippen LogP contribution in [0.2, 0.25) is 0 Å². The van der Waals surface area contributed by atoms with Crippen LogP contribution in [0.4, 0.5) is 0 Å². The summed E-state index contributed by atoms with van der Waals surface area (Å²) in [6, 6.07) is 0. The number of fused-ring (bicyclic) bond motifs is 1. The lowest BCUT2D eigenvalue weighted by Gasteiger charge is -2.45. The van der Waals surface area contributed by atoms with Crippen molar-refractivity contribution in [1.29, 1.82) is 0 Å². The van der Waals surface area contributed by atoms with E-state index in [1.165, 1.54) is 6.42 Å². The number of ether oxygens (including phenoxy) is 2. The van der Waals surface area contributed by atoms with Crippen LogP contribution in [0.5, 0.6) is 0 Å². The molecule has 3 rings (SSSR count). The molecule has 0 bridgehead atoms. The van der Waals surface area contributed by atoms with Gasteiger partial charge in [-0.1, -0.05) is 0 Å². The maximum absolute atomic E-state index is 10.1. The quantitative estimate of drug-likeness (QED) is 0.813. The molecule has 3 fully saturated rings. The SMILES string of the molecule is COC1CCC(C2CCC3CCC(O)CC3O2)CC1O. The summed E-state index contributed by atoms with van der Waals surface area (Å²) in [5, 5.41) is 19.9. The fourth-order valence-electron chi connectivity index (χ4n) is 4.45. The lowest BCUT2D eigenvalue weighted by Crippen LogP contribution is -2.46. The molecule has 2 N–H and O–H groups in total. The molecule has 116 valence electrons. The highest BCUT2D eigenvalue weighted by Gasteiger charge is 2.40. The van der Waals surface area contributed by atoms with Gasteiger partial charge in [-0.15, -0.1) is 0 Å². The van der Waals surface area contributed by atoms with Gasteiger partial charge in [-0.2, -0.15) is 0 Å². The highest BCUT2D eigenvalue weighted by molar-refractivity contribution is 4.90. The molecule has 0 radical (unpaired) electrons. The molecule has 1 heterocycles. The largest absolute Gasteiger partial charge is 0.393 e. The minimum atomic E-state index is -0.350. The third kappa shape index (κ3) is 3.03. The predicted molar refractivity (Wildman–Crippen MR) is 75.4 cm³/mol. The maximum atomic E-state index is 10.1.